The molecule has 0 saturated heterocycles. The van der Waals surface area contributed by atoms with E-state index in [-0.39, 0.29) is 11.1 Å². The SMILES string of the molecule is CCCCCc1cc(C#N)c(=O)[nH]c1-c1ccc(OC)c(OC)c1. The van der Waals surface area contributed by atoms with E-state index in [0.29, 0.717) is 11.5 Å². The molecule has 0 aliphatic carbocycles. The predicted molar refractivity (Wildman–Crippen MR) is 93.5 cm³/mol. The van der Waals surface area contributed by atoms with Crippen LogP contribution < -0.4 is 15.0 Å². The first-order chi connectivity index (χ1) is 11.6. The molecule has 126 valence electrons. The van der Waals surface area contributed by atoms with Crippen LogP contribution in [0, 0.1) is 11.3 Å². The second-order valence-corrected chi connectivity index (χ2v) is 5.55. The van der Waals surface area contributed by atoms with E-state index in [1.54, 1.807) is 26.4 Å². The van der Waals surface area contributed by atoms with E-state index < -0.39 is 0 Å². The van der Waals surface area contributed by atoms with Crippen LogP contribution in [0.3, 0.4) is 0 Å². The van der Waals surface area contributed by atoms with Crippen LogP contribution in [0.1, 0.15) is 37.3 Å². The van der Waals surface area contributed by atoms with Crippen molar-refractivity contribution in [2.24, 2.45) is 0 Å². The molecular formula is C19H22N2O3. The van der Waals surface area contributed by atoms with Gasteiger partial charge in [-0.3, -0.25) is 4.79 Å². The Morgan fingerprint density at radius 3 is 2.50 bits per heavy atom. The summed E-state index contributed by atoms with van der Waals surface area (Å²) in [5.41, 5.74) is 2.30. The summed E-state index contributed by atoms with van der Waals surface area (Å²) in [4.78, 5) is 14.9. The third kappa shape index (κ3) is 3.77. The topological polar surface area (TPSA) is 75.1 Å². The van der Waals surface area contributed by atoms with E-state index in [9.17, 15) is 4.79 Å². The summed E-state index contributed by atoms with van der Waals surface area (Å²) in [5, 5.41) is 9.12. The number of H-pyrrole nitrogens is 1. The highest BCUT2D eigenvalue weighted by atomic mass is 16.5. The van der Waals surface area contributed by atoms with Crippen molar-refractivity contribution in [3.05, 3.63) is 45.7 Å². The number of hydrogen-bond acceptors (Lipinski definition) is 4. The van der Waals surface area contributed by atoms with Gasteiger partial charge in [-0.2, -0.15) is 5.26 Å². The average Bonchev–Trinajstić information content (AvgIpc) is 2.62. The molecule has 0 bridgehead atoms. The molecule has 0 spiro atoms. The monoisotopic (exact) mass is 326 g/mol. The van der Waals surface area contributed by atoms with Gasteiger partial charge >= 0.3 is 0 Å². The lowest BCUT2D eigenvalue weighted by Gasteiger charge is -2.13. The van der Waals surface area contributed by atoms with Gasteiger partial charge in [-0.25, -0.2) is 0 Å². The van der Waals surface area contributed by atoms with Crippen LogP contribution in [0.2, 0.25) is 0 Å². The predicted octanol–water partition coefficient (Wildman–Crippen LogP) is 3.66. The van der Waals surface area contributed by atoms with Crippen LogP contribution in [-0.2, 0) is 6.42 Å². The van der Waals surface area contributed by atoms with Gasteiger partial charge < -0.3 is 14.5 Å². The smallest absolute Gasteiger partial charge is 0.266 e. The normalized spacial score (nSPS) is 10.2. The quantitative estimate of drug-likeness (QED) is 0.788. The zero-order valence-electron chi connectivity index (χ0n) is 14.3. The van der Waals surface area contributed by atoms with Gasteiger partial charge in [0.15, 0.2) is 11.5 Å². The summed E-state index contributed by atoms with van der Waals surface area (Å²) >= 11 is 0. The van der Waals surface area contributed by atoms with E-state index in [1.165, 1.54) is 0 Å². The fraction of sp³-hybridized carbons (Fsp3) is 0.368. The third-order valence-electron chi connectivity index (χ3n) is 3.97. The maximum Gasteiger partial charge on any atom is 0.266 e. The summed E-state index contributed by atoms with van der Waals surface area (Å²) in [6.07, 6.45) is 4.03. The summed E-state index contributed by atoms with van der Waals surface area (Å²) < 4.78 is 10.6. The Morgan fingerprint density at radius 1 is 1.12 bits per heavy atom. The summed E-state index contributed by atoms with van der Waals surface area (Å²) in [6, 6.07) is 9.17. The van der Waals surface area contributed by atoms with Crippen molar-refractivity contribution in [1.29, 1.82) is 5.26 Å². The molecule has 1 aromatic heterocycles. The standard InChI is InChI=1S/C19H22N2O3/c1-4-5-6-7-13-10-15(12-20)19(22)21-18(13)14-8-9-16(23-2)17(11-14)24-3/h8-11H,4-7H2,1-3H3,(H,21,22). The van der Waals surface area contributed by atoms with Crippen molar-refractivity contribution in [2.45, 2.75) is 32.6 Å². The molecule has 0 aliphatic rings. The molecule has 0 atom stereocenters. The number of nitriles is 1. The molecular weight excluding hydrogens is 304 g/mol. The van der Waals surface area contributed by atoms with E-state index in [2.05, 4.69) is 11.9 Å². The first-order valence-electron chi connectivity index (χ1n) is 8.03. The van der Waals surface area contributed by atoms with Crippen LogP contribution in [0.25, 0.3) is 11.3 Å². The second kappa shape index (κ2) is 8.21. The number of rotatable bonds is 7. The van der Waals surface area contributed by atoms with E-state index in [1.807, 2.05) is 18.2 Å². The molecule has 0 radical (unpaired) electrons. The minimum Gasteiger partial charge on any atom is -0.493 e. The van der Waals surface area contributed by atoms with Crippen LogP contribution in [0.5, 0.6) is 11.5 Å². The lowest BCUT2D eigenvalue weighted by atomic mass is 9.99. The zero-order chi connectivity index (χ0) is 17.5. The molecule has 0 fully saturated rings. The summed E-state index contributed by atoms with van der Waals surface area (Å²) in [6.45, 7) is 2.14. The average molecular weight is 326 g/mol. The minimum atomic E-state index is -0.374. The van der Waals surface area contributed by atoms with Crippen LogP contribution in [0.4, 0.5) is 0 Å². The van der Waals surface area contributed by atoms with Crippen molar-refractivity contribution in [3.8, 4) is 28.8 Å². The number of pyridine rings is 1. The molecule has 24 heavy (non-hydrogen) atoms. The van der Waals surface area contributed by atoms with Crippen molar-refractivity contribution >= 4 is 0 Å². The Hall–Kier alpha value is -2.74. The molecule has 0 aliphatic heterocycles. The number of ether oxygens (including phenoxy) is 2. The largest absolute Gasteiger partial charge is 0.493 e. The Kier molecular flexibility index (Phi) is 6.02. The van der Waals surface area contributed by atoms with Crippen LogP contribution >= 0.6 is 0 Å². The first-order valence-corrected chi connectivity index (χ1v) is 8.03. The summed E-state index contributed by atoms with van der Waals surface area (Å²) in [7, 11) is 3.16. The molecule has 1 heterocycles. The Labute approximate surface area is 141 Å². The molecule has 2 rings (SSSR count). The lowest BCUT2D eigenvalue weighted by Crippen LogP contribution is -2.13. The molecule has 1 aromatic carbocycles. The highest BCUT2D eigenvalue weighted by Gasteiger charge is 2.13. The molecule has 5 nitrogen and oxygen atoms in total. The van der Waals surface area contributed by atoms with Gasteiger partial charge in [-0.1, -0.05) is 19.8 Å². The highest BCUT2D eigenvalue weighted by Crippen LogP contribution is 2.33. The van der Waals surface area contributed by atoms with E-state index in [0.717, 1.165) is 42.5 Å². The molecule has 0 unspecified atom stereocenters. The minimum absolute atomic E-state index is 0.144. The highest BCUT2D eigenvalue weighted by molar-refractivity contribution is 5.67. The van der Waals surface area contributed by atoms with E-state index in [4.69, 9.17) is 14.7 Å². The fourth-order valence-corrected chi connectivity index (χ4v) is 2.67. The van der Waals surface area contributed by atoms with Gasteiger partial charge in [0.25, 0.3) is 5.56 Å². The number of hydrogen-bond donors (Lipinski definition) is 1. The van der Waals surface area contributed by atoms with Gasteiger partial charge in [-0.05, 0) is 42.7 Å². The van der Waals surface area contributed by atoms with Crippen LogP contribution in [-0.4, -0.2) is 19.2 Å². The summed E-state index contributed by atoms with van der Waals surface area (Å²) in [5.74, 6) is 1.23. The van der Waals surface area contributed by atoms with Gasteiger partial charge in [0, 0.05) is 5.56 Å². The molecule has 5 heteroatoms. The number of aromatic amines is 1. The zero-order valence-corrected chi connectivity index (χ0v) is 14.3. The number of aromatic nitrogens is 1. The number of unbranched alkanes of at least 4 members (excludes halogenated alkanes) is 2. The number of benzene rings is 1. The number of aryl methyl sites for hydroxylation is 1. The van der Waals surface area contributed by atoms with Gasteiger partial charge in [0.05, 0.1) is 19.9 Å². The van der Waals surface area contributed by atoms with Crippen molar-refractivity contribution in [3.63, 3.8) is 0 Å². The lowest BCUT2D eigenvalue weighted by molar-refractivity contribution is 0.355. The first kappa shape index (κ1) is 17.6. The van der Waals surface area contributed by atoms with Crippen molar-refractivity contribution < 1.29 is 9.47 Å². The Balaban J connectivity index is 2.53. The Bertz CT molecular complexity index is 803. The van der Waals surface area contributed by atoms with Crippen molar-refractivity contribution in [1.82, 2.24) is 4.98 Å². The molecule has 0 amide bonds. The molecule has 2 aromatic rings. The maximum atomic E-state index is 12.1. The number of nitrogens with one attached hydrogen (secondary N) is 1. The molecule has 1 N–H and O–H groups in total. The number of nitrogens with zero attached hydrogens (tertiary/aromatic N) is 1. The Morgan fingerprint density at radius 2 is 1.88 bits per heavy atom. The number of methoxy groups -OCH3 is 2. The maximum absolute atomic E-state index is 12.1. The van der Waals surface area contributed by atoms with E-state index >= 15 is 0 Å². The van der Waals surface area contributed by atoms with Gasteiger partial charge in [0.1, 0.15) is 11.6 Å². The fourth-order valence-electron chi connectivity index (χ4n) is 2.67. The van der Waals surface area contributed by atoms with Gasteiger partial charge in [-0.15, -0.1) is 0 Å². The van der Waals surface area contributed by atoms with Crippen LogP contribution in [0.15, 0.2) is 29.1 Å². The van der Waals surface area contributed by atoms with Gasteiger partial charge in [0.2, 0.25) is 0 Å². The molecule has 0 saturated carbocycles. The third-order valence-corrected chi connectivity index (χ3v) is 3.97. The second-order valence-electron chi connectivity index (χ2n) is 5.55. The van der Waals surface area contributed by atoms with Crippen molar-refractivity contribution in [2.75, 3.05) is 14.2 Å².